The van der Waals surface area contributed by atoms with Gasteiger partial charge in [0.25, 0.3) is 0 Å². The van der Waals surface area contributed by atoms with Gasteiger partial charge in [0.15, 0.2) is 0 Å². The average Bonchev–Trinajstić information content (AvgIpc) is 3.20. The number of hydrogen-bond donors (Lipinski definition) is 6. The maximum Gasteiger partial charge on any atom is 0.326 e. The molecule has 0 saturated carbocycles. The van der Waals surface area contributed by atoms with Crippen molar-refractivity contribution in [2.75, 3.05) is 12.0 Å². The molecule has 31 heavy (non-hydrogen) atoms. The topological polar surface area (TPSA) is 179 Å². The van der Waals surface area contributed by atoms with Gasteiger partial charge >= 0.3 is 5.97 Å². The predicted octanol–water partition coefficient (Wildman–Crippen LogP) is -0.752. The molecule has 4 atom stereocenters. The Labute approximate surface area is 185 Å². The highest BCUT2D eigenvalue weighted by Crippen LogP contribution is 2.07. The third-order valence-corrected chi connectivity index (χ3v) is 5.14. The normalized spacial score (nSPS) is 14.9. The van der Waals surface area contributed by atoms with E-state index in [1.54, 1.807) is 13.8 Å². The molecule has 174 valence electrons. The van der Waals surface area contributed by atoms with Gasteiger partial charge in [-0.25, -0.2) is 9.78 Å². The number of aromatic nitrogens is 2. The summed E-state index contributed by atoms with van der Waals surface area (Å²) in [5.41, 5.74) is 6.12. The minimum absolute atomic E-state index is 0.0145. The van der Waals surface area contributed by atoms with Crippen molar-refractivity contribution in [1.82, 2.24) is 25.9 Å². The van der Waals surface area contributed by atoms with Gasteiger partial charge in [0, 0.05) is 18.3 Å². The van der Waals surface area contributed by atoms with Crippen LogP contribution in [0.1, 0.15) is 32.9 Å². The van der Waals surface area contributed by atoms with E-state index >= 15 is 0 Å². The number of nitrogens with two attached hydrogens (primary N) is 1. The summed E-state index contributed by atoms with van der Waals surface area (Å²) in [6, 6.07) is -3.83. The van der Waals surface area contributed by atoms with Gasteiger partial charge in [0.1, 0.15) is 18.1 Å². The molecule has 0 fully saturated rings. The summed E-state index contributed by atoms with van der Waals surface area (Å²) >= 11 is 1.51. The Morgan fingerprint density at radius 1 is 1.10 bits per heavy atom. The van der Waals surface area contributed by atoms with Gasteiger partial charge in [0.2, 0.25) is 17.7 Å². The van der Waals surface area contributed by atoms with Crippen molar-refractivity contribution in [1.29, 1.82) is 0 Å². The van der Waals surface area contributed by atoms with Gasteiger partial charge in [-0.15, -0.1) is 0 Å². The number of hydrogen-bond acceptors (Lipinski definition) is 7. The van der Waals surface area contributed by atoms with Crippen LogP contribution in [0.2, 0.25) is 0 Å². The lowest BCUT2D eigenvalue weighted by molar-refractivity contribution is -0.142. The molecule has 4 unspecified atom stereocenters. The maximum atomic E-state index is 12.8. The number of rotatable bonds is 13. The molecule has 0 aliphatic rings. The highest BCUT2D eigenvalue weighted by molar-refractivity contribution is 7.98. The summed E-state index contributed by atoms with van der Waals surface area (Å²) in [5, 5.41) is 17.2. The van der Waals surface area contributed by atoms with Crippen molar-refractivity contribution in [3.8, 4) is 0 Å². The molecule has 0 aliphatic heterocycles. The van der Waals surface area contributed by atoms with Crippen LogP contribution < -0.4 is 21.7 Å². The van der Waals surface area contributed by atoms with E-state index in [2.05, 4.69) is 25.9 Å². The molecular weight excluding hydrogens is 424 g/mol. The molecule has 0 aliphatic carbocycles. The Balaban J connectivity index is 2.89. The van der Waals surface area contributed by atoms with Crippen LogP contribution in [-0.2, 0) is 25.6 Å². The molecule has 0 radical (unpaired) electrons. The number of carbonyl (C=O) groups is 4. The summed E-state index contributed by atoms with van der Waals surface area (Å²) in [6.45, 7) is 4.97. The van der Waals surface area contributed by atoms with Crippen molar-refractivity contribution < 1.29 is 24.3 Å². The molecular formula is C19H32N6O5S. The van der Waals surface area contributed by atoms with E-state index < -0.39 is 47.9 Å². The van der Waals surface area contributed by atoms with Gasteiger partial charge < -0.3 is 31.8 Å². The minimum atomic E-state index is -1.21. The molecule has 0 spiro atoms. The number of carboxylic acid groups (broad SMARTS) is 1. The monoisotopic (exact) mass is 456 g/mol. The largest absolute Gasteiger partial charge is 0.480 e. The lowest BCUT2D eigenvalue weighted by Gasteiger charge is -2.26. The van der Waals surface area contributed by atoms with Gasteiger partial charge in [-0.1, -0.05) is 13.8 Å². The number of nitrogens with one attached hydrogen (secondary N) is 4. The van der Waals surface area contributed by atoms with Crippen molar-refractivity contribution in [3.63, 3.8) is 0 Å². The molecule has 1 aromatic heterocycles. The first kappa shape index (κ1) is 26.4. The van der Waals surface area contributed by atoms with Crippen LogP contribution in [-0.4, -0.2) is 74.9 Å². The van der Waals surface area contributed by atoms with E-state index in [1.165, 1.54) is 31.2 Å². The number of aromatic amines is 1. The molecule has 12 heteroatoms. The number of amides is 3. The van der Waals surface area contributed by atoms with E-state index in [4.69, 9.17) is 5.73 Å². The van der Waals surface area contributed by atoms with Crippen LogP contribution in [0.3, 0.4) is 0 Å². The Morgan fingerprint density at radius 3 is 2.23 bits per heavy atom. The second-order valence-electron chi connectivity index (χ2n) is 7.54. The molecule has 0 bridgehead atoms. The van der Waals surface area contributed by atoms with Crippen LogP contribution >= 0.6 is 11.8 Å². The smallest absolute Gasteiger partial charge is 0.326 e. The third-order valence-electron chi connectivity index (χ3n) is 4.50. The van der Waals surface area contributed by atoms with Crippen molar-refractivity contribution in [2.24, 2.45) is 11.7 Å². The van der Waals surface area contributed by atoms with Gasteiger partial charge in [0.05, 0.1) is 12.4 Å². The van der Waals surface area contributed by atoms with E-state index in [0.717, 1.165) is 0 Å². The number of nitrogens with zero attached hydrogens (tertiary/aromatic N) is 1. The molecule has 0 aromatic carbocycles. The van der Waals surface area contributed by atoms with Gasteiger partial charge in [-0.05, 0) is 31.3 Å². The van der Waals surface area contributed by atoms with Crippen LogP contribution in [0.15, 0.2) is 12.5 Å². The van der Waals surface area contributed by atoms with Gasteiger partial charge in [-0.3, -0.25) is 14.4 Å². The number of imidazole rings is 1. The standard InChI is InChI=1S/C19H32N6O5S/c1-10(2)15(18(28)24-14(19(29)30)7-12-8-21-9-22-12)25-17(27)13(5-6-31-4)23-16(26)11(3)20/h8-11,13-15H,5-7,20H2,1-4H3,(H,21,22)(H,23,26)(H,24,28)(H,25,27)(H,29,30). The van der Waals surface area contributed by atoms with Gasteiger partial charge in [-0.2, -0.15) is 11.8 Å². The number of thioether (sulfide) groups is 1. The lowest BCUT2D eigenvalue weighted by Crippen LogP contribution is -2.58. The second kappa shape index (κ2) is 13.0. The molecule has 0 saturated heterocycles. The van der Waals surface area contributed by atoms with Crippen molar-refractivity contribution in [2.45, 2.75) is 57.8 Å². The van der Waals surface area contributed by atoms with Crippen LogP contribution in [0.25, 0.3) is 0 Å². The lowest BCUT2D eigenvalue weighted by atomic mass is 10.0. The Morgan fingerprint density at radius 2 is 1.74 bits per heavy atom. The first-order chi connectivity index (χ1) is 14.6. The van der Waals surface area contributed by atoms with E-state index in [9.17, 15) is 24.3 Å². The summed E-state index contributed by atoms with van der Waals surface area (Å²) in [5.74, 6) is -2.55. The Kier molecular flexibility index (Phi) is 11.0. The fraction of sp³-hybridized carbons (Fsp3) is 0.632. The molecule has 3 amide bonds. The summed E-state index contributed by atoms with van der Waals surface area (Å²) in [4.78, 5) is 55.8. The maximum absolute atomic E-state index is 12.8. The highest BCUT2D eigenvalue weighted by atomic mass is 32.2. The first-order valence-corrected chi connectivity index (χ1v) is 11.3. The van der Waals surface area contributed by atoms with Crippen molar-refractivity contribution >= 4 is 35.5 Å². The second-order valence-corrected chi connectivity index (χ2v) is 8.53. The van der Waals surface area contributed by atoms with E-state index in [0.29, 0.717) is 17.9 Å². The minimum Gasteiger partial charge on any atom is -0.480 e. The summed E-state index contributed by atoms with van der Waals surface area (Å²) < 4.78 is 0. The van der Waals surface area contributed by atoms with E-state index in [1.807, 2.05) is 6.26 Å². The molecule has 11 nitrogen and oxygen atoms in total. The zero-order chi connectivity index (χ0) is 23.6. The fourth-order valence-electron chi connectivity index (χ4n) is 2.67. The fourth-order valence-corrected chi connectivity index (χ4v) is 3.15. The predicted molar refractivity (Wildman–Crippen MR) is 117 cm³/mol. The zero-order valence-electron chi connectivity index (χ0n) is 18.2. The van der Waals surface area contributed by atoms with Crippen LogP contribution in [0.5, 0.6) is 0 Å². The Bertz CT molecular complexity index is 740. The quantitative estimate of drug-likeness (QED) is 0.224. The molecule has 1 rings (SSSR count). The zero-order valence-corrected chi connectivity index (χ0v) is 19.0. The van der Waals surface area contributed by atoms with E-state index in [-0.39, 0.29) is 12.3 Å². The number of H-pyrrole nitrogens is 1. The third kappa shape index (κ3) is 8.97. The van der Waals surface area contributed by atoms with Crippen LogP contribution in [0, 0.1) is 5.92 Å². The number of carboxylic acids is 1. The number of aliphatic carboxylic acids is 1. The Hall–Kier alpha value is -2.60. The van der Waals surface area contributed by atoms with Crippen molar-refractivity contribution in [3.05, 3.63) is 18.2 Å². The molecule has 1 heterocycles. The van der Waals surface area contributed by atoms with Crippen LogP contribution in [0.4, 0.5) is 0 Å². The number of carbonyl (C=O) groups excluding carboxylic acids is 3. The SMILES string of the molecule is CSCCC(NC(=O)C(C)N)C(=O)NC(C(=O)NC(Cc1cnc[nH]1)C(=O)O)C(C)C. The average molecular weight is 457 g/mol. The molecule has 7 N–H and O–H groups in total. The highest BCUT2D eigenvalue weighted by Gasteiger charge is 2.31. The summed E-state index contributed by atoms with van der Waals surface area (Å²) in [7, 11) is 0. The first-order valence-electron chi connectivity index (χ1n) is 9.92. The molecule has 1 aromatic rings. The summed E-state index contributed by atoms with van der Waals surface area (Å²) in [6.07, 6.45) is 5.13.